The fourth-order valence-corrected chi connectivity index (χ4v) is 1.61. The molecule has 0 saturated carbocycles. The molecule has 0 radical (unpaired) electrons. The molecule has 2 amide bonds. The minimum Gasteiger partial charge on any atom is -0.394 e. The first kappa shape index (κ1) is 14.9. The van der Waals surface area contributed by atoms with E-state index in [-0.39, 0.29) is 19.2 Å². The largest absolute Gasteiger partial charge is 0.394 e. The molecule has 11 heteroatoms. The van der Waals surface area contributed by atoms with Crippen LogP contribution in [0.15, 0.2) is 4.99 Å². The fourth-order valence-electron chi connectivity index (χ4n) is 1.21. The topological polar surface area (TPSA) is 158 Å². The number of urea groups is 1. The first-order chi connectivity index (χ1) is 8.31. The van der Waals surface area contributed by atoms with Gasteiger partial charge in [-0.15, -0.1) is 0 Å². The van der Waals surface area contributed by atoms with E-state index in [1.54, 1.807) is 0 Å². The summed E-state index contributed by atoms with van der Waals surface area (Å²) in [7, 11) is -4.31. The lowest BCUT2D eigenvalue weighted by molar-refractivity contribution is 0.0138. The van der Waals surface area contributed by atoms with Crippen molar-refractivity contribution in [1.29, 1.82) is 0 Å². The summed E-state index contributed by atoms with van der Waals surface area (Å²) >= 11 is 0. The van der Waals surface area contributed by atoms with Crippen LogP contribution < -0.4 is 11.1 Å². The van der Waals surface area contributed by atoms with Gasteiger partial charge in [-0.25, -0.2) is 9.79 Å². The van der Waals surface area contributed by atoms with Crippen molar-refractivity contribution >= 4 is 19.6 Å². The summed E-state index contributed by atoms with van der Waals surface area (Å²) in [5, 5.41) is 11.3. The van der Waals surface area contributed by atoms with Crippen LogP contribution in [0.3, 0.4) is 0 Å². The summed E-state index contributed by atoms with van der Waals surface area (Å²) < 4.78 is 15.4. The van der Waals surface area contributed by atoms with Crippen LogP contribution in [0.4, 0.5) is 4.79 Å². The number of rotatable bonds is 6. The molecule has 6 N–H and O–H groups in total. The number of nitrogens with zero attached hydrogens (tertiary/aromatic N) is 2. The second kappa shape index (κ2) is 6.12. The van der Waals surface area contributed by atoms with Gasteiger partial charge in [0, 0.05) is 0 Å². The van der Waals surface area contributed by atoms with Crippen LogP contribution in [0.25, 0.3) is 0 Å². The Bertz CT molecular complexity index is 382. The van der Waals surface area contributed by atoms with E-state index in [2.05, 4.69) is 10.3 Å². The number of nitrogens with one attached hydrogen (secondary N) is 1. The molecule has 1 heterocycles. The van der Waals surface area contributed by atoms with Crippen molar-refractivity contribution in [1.82, 2.24) is 10.2 Å². The molecule has 1 atom stereocenters. The molecule has 0 aromatic rings. The highest BCUT2D eigenvalue weighted by molar-refractivity contribution is 7.51. The zero-order chi connectivity index (χ0) is 13.8. The number of guanidine groups is 1. The van der Waals surface area contributed by atoms with Crippen molar-refractivity contribution in [3.8, 4) is 0 Å². The summed E-state index contributed by atoms with van der Waals surface area (Å²) in [5.41, 5.74) is 5.27. The second-order valence-electron chi connectivity index (χ2n) is 3.60. The predicted octanol–water partition coefficient (Wildman–Crippen LogP) is -2.20. The lowest BCUT2D eigenvalue weighted by Gasteiger charge is -2.28. The van der Waals surface area contributed by atoms with E-state index in [4.69, 9.17) is 25.4 Å². The molecule has 0 fully saturated rings. The van der Waals surface area contributed by atoms with Crippen LogP contribution in [-0.2, 0) is 9.30 Å². The van der Waals surface area contributed by atoms with E-state index in [0.29, 0.717) is 0 Å². The van der Waals surface area contributed by atoms with Crippen LogP contribution >= 0.6 is 7.60 Å². The van der Waals surface area contributed by atoms with E-state index >= 15 is 0 Å². The molecule has 10 nitrogen and oxygen atoms in total. The van der Waals surface area contributed by atoms with Gasteiger partial charge in [0.1, 0.15) is 13.0 Å². The summed E-state index contributed by atoms with van der Waals surface area (Å²) in [6.07, 6.45) is -1.73. The molecule has 0 spiro atoms. The summed E-state index contributed by atoms with van der Waals surface area (Å²) in [4.78, 5) is 33.6. The summed E-state index contributed by atoms with van der Waals surface area (Å²) in [6, 6.07) is -0.513. The highest BCUT2D eigenvalue weighted by atomic mass is 31.2. The van der Waals surface area contributed by atoms with Crippen molar-refractivity contribution < 1.29 is 29.0 Å². The zero-order valence-electron chi connectivity index (χ0n) is 9.39. The number of ether oxygens (including phenoxy) is 1. The Balaban J connectivity index is 2.48. The summed E-state index contributed by atoms with van der Waals surface area (Å²) in [6.45, 7) is -0.546. The molecule has 1 aliphatic rings. The Hall–Kier alpha value is -1.19. The van der Waals surface area contributed by atoms with E-state index in [1.165, 1.54) is 4.90 Å². The monoisotopic (exact) mass is 282 g/mol. The van der Waals surface area contributed by atoms with Crippen LogP contribution in [-0.4, -0.2) is 64.1 Å². The first-order valence-corrected chi connectivity index (χ1v) is 6.74. The third kappa shape index (κ3) is 4.98. The molecule has 0 bridgehead atoms. The van der Waals surface area contributed by atoms with Crippen LogP contribution in [0, 0.1) is 0 Å². The van der Waals surface area contributed by atoms with Gasteiger partial charge in [0.15, 0.2) is 5.96 Å². The van der Waals surface area contributed by atoms with Crippen LogP contribution in [0.2, 0.25) is 0 Å². The Kier molecular flexibility index (Phi) is 5.05. The number of hydrogen-bond donors (Lipinski definition) is 5. The summed E-state index contributed by atoms with van der Waals surface area (Å²) in [5.74, 6) is -0.00654. The maximum absolute atomic E-state index is 11.4. The molecule has 0 aromatic heterocycles. The lowest BCUT2D eigenvalue weighted by atomic mass is 10.3. The van der Waals surface area contributed by atoms with Crippen LogP contribution in [0.5, 0.6) is 0 Å². The van der Waals surface area contributed by atoms with Crippen molar-refractivity contribution in [3.05, 3.63) is 0 Å². The number of hydrogen-bond acceptors (Lipinski definition) is 6. The zero-order valence-corrected chi connectivity index (χ0v) is 10.3. The molecule has 1 aliphatic heterocycles. The molecular weight excluding hydrogens is 267 g/mol. The number of carbonyl (C=O) groups is 1. The Morgan fingerprint density at radius 3 is 2.78 bits per heavy atom. The van der Waals surface area contributed by atoms with Gasteiger partial charge >= 0.3 is 13.6 Å². The van der Waals surface area contributed by atoms with Gasteiger partial charge in [-0.2, -0.15) is 0 Å². The number of amides is 2. The average molecular weight is 282 g/mol. The quantitative estimate of drug-likeness (QED) is 0.346. The van der Waals surface area contributed by atoms with Gasteiger partial charge in [-0.1, -0.05) is 0 Å². The second-order valence-corrected chi connectivity index (χ2v) is 5.19. The SMILES string of the molecule is NC1=NCN(C[C@@H](CO)OCP(=O)(O)O)C(=O)N1. The van der Waals surface area contributed by atoms with Gasteiger partial charge in [0.25, 0.3) is 0 Å². The normalized spacial score (nSPS) is 18.3. The lowest BCUT2D eigenvalue weighted by Crippen LogP contribution is -2.53. The minimum atomic E-state index is -4.31. The van der Waals surface area contributed by atoms with Gasteiger partial charge in [0.05, 0.1) is 19.3 Å². The molecule has 18 heavy (non-hydrogen) atoms. The number of aliphatic hydroxyl groups excluding tert-OH is 1. The first-order valence-electron chi connectivity index (χ1n) is 4.94. The smallest absolute Gasteiger partial charge is 0.350 e. The van der Waals surface area contributed by atoms with Gasteiger partial charge in [-0.05, 0) is 0 Å². The Morgan fingerprint density at radius 2 is 2.28 bits per heavy atom. The highest BCUT2D eigenvalue weighted by Gasteiger charge is 2.24. The van der Waals surface area contributed by atoms with Crippen molar-refractivity contribution in [2.75, 3.05) is 26.2 Å². The van der Waals surface area contributed by atoms with E-state index in [0.717, 1.165) is 0 Å². The van der Waals surface area contributed by atoms with Gasteiger partial charge in [0.2, 0.25) is 0 Å². The number of aliphatic hydroxyl groups is 1. The molecule has 1 rings (SSSR count). The van der Waals surface area contributed by atoms with Crippen molar-refractivity contribution in [3.63, 3.8) is 0 Å². The van der Waals surface area contributed by atoms with E-state index in [1.807, 2.05) is 0 Å². The van der Waals surface area contributed by atoms with E-state index < -0.39 is 32.7 Å². The van der Waals surface area contributed by atoms with Crippen molar-refractivity contribution in [2.24, 2.45) is 10.7 Å². The maximum Gasteiger partial charge on any atom is 0.350 e. The molecule has 0 aliphatic carbocycles. The molecule has 0 unspecified atom stereocenters. The Labute approximate surface area is 103 Å². The van der Waals surface area contributed by atoms with Crippen LogP contribution in [0.1, 0.15) is 0 Å². The number of nitrogens with two attached hydrogens (primary N) is 1. The maximum atomic E-state index is 11.4. The third-order valence-electron chi connectivity index (χ3n) is 2.04. The molecule has 104 valence electrons. The third-order valence-corrected chi connectivity index (χ3v) is 2.53. The number of aliphatic imine (C=N–C) groups is 1. The molecular formula is C7H15N4O6P. The predicted molar refractivity (Wildman–Crippen MR) is 60.6 cm³/mol. The molecule has 0 saturated heterocycles. The average Bonchev–Trinajstić information content (AvgIpc) is 2.25. The number of carbonyl (C=O) groups excluding carboxylic acids is 1. The Morgan fingerprint density at radius 1 is 1.61 bits per heavy atom. The standard InChI is InChI=1S/C7H15N4O6P/c8-6-9-3-11(7(13)10-6)1-5(2-12)17-4-18(14,15)16/h5,12H,1-4H2,(H2,14,15,16)(H3,8,9,10,13)/t5-/m0/s1. The van der Waals surface area contributed by atoms with Crippen molar-refractivity contribution in [2.45, 2.75) is 6.10 Å². The fraction of sp³-hybridized carbons (Fsp3) is 0.714. The highest BCUT2D eigenvalue weighted by Crippen LogP contribution is 2.34. The van der Waals surface area contributed by atoms with Gasteiger partial charge in [-0.3, -0.25) is 9.88 Å². The van der Waals surface area contributed by atoms with E-state index in [9.17, 15) is 9.36 Å². The minimum absolute atomic E-state index is 0.00651. The van der Waals surface area contributed by atoms with Gasteiger partial charge < -0.3 is 30.3 Å². The molecule has 0 aromatic carbocycles.